The Morgan fingerprint density at radius 3 is 3.11 bits per heavy atom. The molecule has 8 nitrogen and oxygen atoms in total. The van der Waals surface area contributed by atoms with Crippen LogP contribution < -0.4 is 0 Å². The van der Waals surface area contributed by atoms with Gasteiger partial charge in [0.15, 0.2) is 0 Å². The predicted molar refractivity (Wildman–Crippen MR) is 107 cm³/mol. The Labute approximate surface area is 169 Å². The summed E-state index contributed by atoms with van der Waals surface area (Å²) in [4.78, 5) is 4.48. The van der Waals surface area contributed by atoms with Crippen LogP contribution in [-0.2, 0) is 11.3 Å². The Balaban J connectivity index is 1.55. The third-order valence-electron chi connectivity index (χ3n) is 4.44. The first-order valence-corrected chi connectivity index (χ1v) is 10.6. The minimum absolute atomic E-state index is 0.0294. The summed E-state index contributed by atoms with van der Waals surface area (Å²) in [7, 11) is 0. The summed E-state index contributed by atoms with van der Waals surface area (Å²) in [6, 6.07) is 9.75. The van der Waals surface area contributed by atoms with Crippen molar-refractivity contribution in [1.29, 1.82) is 5.26 Å². The lowest BCUT2D eigenvalue weighted by atomic mass is 10.2. The molecule has 0 spiro atoms. The fourth-order valence-corrected chi connectivity index (χ4v) is 4.82. The number of hydrogen-bond acceptors (Lipinski definition) is 9. The van der Waals surface area contributed by atoms with E-state index < -0.39 is 5.25 Å². The maximum atomic E-state index is 10.7. The van der Waals surface area contributed by atoms with E-state index in [4.69, 9.17) is 4.74 Å². The quantitative estimate of drug-likeness (QED) is 0.371. The second-order valence-electron chi connectivity index (χ2n) is 6.40. The molecule has 28 heavy (non-hydrogen) atoms. The molecule has 2 aromatic heterocycles. The van der Waals surface area contributed by atoms with Crippen molar-refractivity contribution >= 4 is 38.9 Å². The van der Waals surface area contributed by atoms with Gasteiger partial charge in [0.25, 0.3) is 0 Å². The number of aromatic nitrogens is 5. The van der Waals surface area contributed by atoms with Gasteiger partial charge in [0.1, 0.15) is 22.4 Å². The first kappa shape index (κ1) is 18.9. The fourth-order valence-electron chi connectivity index (χ4n) is 2.99. The fraction of sp³-hybridized carbons (Fsp3) is 0.389. The molecule has 10 heteroatoms. The van der Waals surface area contributed by atoms with Gasteiger partial charge in [0.2, 0.25) is 5.16 Å². The summed E-state index contributed by atoms with van der Waals surface area (Å²) in [6.07, 6.45) is 2.14. The van der Waals surface area contributed by atoms with Gasteiger partial charge < -0.3 is 9.84 Å². The smallest absolute Gasteiger partial charge is 0.210 e. The number of thiazole rings is 1. The van der Waals surface area contributed by atoms with E-state index in [9.17, 15) is 10.4 Å². The lowest BCUT2D eigenvalue weighted by Crippen LogP contribution is -2.17. The second-order valence-corrected chi connectivity index (χ2v) is 8.74. The largest absolute Gasteiger partial charge is 0.510 e. The van der Waals surface area contributed by atoms with Crippen LogP contribution in [0.3, 0.4) is 0 Å². The van der Waals surface area contributed by atoms with Crippen molar-refractivity contribution in [3.63, 3.8) is 0 Å². The average molecular weight is 415 g/mol. The highest BCUT2D eigenvalue weighted by atomic mass is 32.2. The van der Waals surface area contributed by atoms with Crippen molar-refractivity contribution in [3.8, 4) is 6.07 Å². The van der Waals surface area contributed by atoms with E-state index in [0.29, 0.717) is 16.7 Å². The van der Waals surface area contributed by atoms with Gasteiger partial charge in [-0.1, -0.05) is 23.9 Å². The molecule has 1 aromatic carbocycles. The lowest BCUT2D eigenvalue weighted by molar-refractivity contribution is 0.0911. The highest BCUT2D eigenvalue weighted by Gasteiger charge is 2.23. The zero-order valence-corrected chi connectivity index (χ0v) is 16.8. The zero-order chi connectivity index (χ0) is 19.5. The number of nitrogens with zero attached hydrogens (tertiary/aromatic N) is 6. The molecule has 0 saturated carbocycles. The SMILES string of the molecule is CC(Sc1nnnn1CC1CCCO1)C(O)=C(C#N)c1nc2ccccc2s1. The molecular formula is C18H18N6O2S2. The molecule has 1 aliphatic rings. The van der Waals surface area contributed by atoms with E-state index in [2.05, 4.69) is 26.6 Å². The molecule has 1 saturated heterocycles. The Bertz CT molecular complexity index is 1010. The molecule has 3 aromatic rings. The van der Waals surface area contributed by atoms with Crippen LogP contribution in [-0.4, -0.2) is 48.3 Å². The van der Waals surface area contributed by atoms with Gasteiger partial charge in [-0.2, -0.15) is 5.26 Å². The van der Waals surface area contributed by atoms with Crippen LogP contribution in [0.5, 0.6) is 0 Å². The number of aliphatic hydroxyl groups excluding tert-OH is 1. The number of hydrogen-bond donors (Lipinski definition) is 1. The van der Waals surface area contributed by atoms with Crippen LogP contribution >= 0.6 is 23.1 Å². The van der Waals surface area contributed by atoms with Crippen LogP contribution in [0.25, 0.3) is 15.8 Å². The highest BCUT2D eigenvalue weighted by molar-refractivity contribution is 7.99. The Hall–Kier alpha value is -2.48. The van der Waals surface area contributed by atoms with E-state index in [0.717, 1.165) is 29.7 Å². The van der Waals surface area contributed by atoms with E-state index in [1.807, 2.05) is 31.2 Å². The van der Waals surface area contributed by atoms with Gasteiger partial charge in [0.05, 0.1) is 28.1 Å². The molecule has 1 fully saturated rings. The number of thioether (sulfide) groups is 1. The molecule has 4 rings (SSSR count). The first-order valence-electron chi connectivity index (χ1n) is 8.89. The van der Waals surface area contributed by atoms with Crippen molar-refractivity contribution < 1.29 is 9.84 Å². The van der Waals surface area contributed by atoms with Gasteiger partial charge >= 0.3 is 0 Å². The molecule has 0 bridgehead atoms. The number of allylic oxidation sites excluding steroid dienone is 1. The number of para-hydroxylation sites is 1. The molecule has 1 aliphatic heterocycles. The normalized spacial score (nSPS) is 18.8. The van der Waals surface area contributed by atoms with Crippen molar-refractivity contribution in [2.45, 2.75) is 42.8 Å². The van der Waals surface area contributed by atoms with Crippen molar-refractivity contribution in [1.82, 2.24) is 25.2 Å². The molecule has 2 unspecified atom stereocenters. The van der Waals surface area contributed by atoms with Gasteiger partial charge in [-0.15, -0.1) is 16.4 Å². The summed E-state index contributed by atoms with van der Waals surface area (Å²) in [5.41, 5.74) is 0.989. The molecule has 0 amide bonds. The molecule has 3 heterocycles. The van der Waals surface area contributed by atoms with E-state index >= 15 is 0 Å². The molecule has 144 valence electrons. The second kappa shape index (κ2) is 8.26. The Morgan fingerprint density at radius 1 is 1.50 bits per heavy atom. The maximum absolute atomic E-state index is 10.7. The molecule has 0 aliphatic carbocycles. The number of rotatable bonds is 6. The van der Waals surface area contributed by atoms with Gasteiger partial charge in [0, 0.05) is 6.61 Å². The van der Waals surface area contributed by atoms with Crippen LogP contribution in [0.2, 0.25) is 0 Å². The highest BCUT2D eigenvalue weighted by Crippen LogP contribution is 2.33. The monoisotopic (exact) mass is 414 g/mol. The standard InChI is InChI=1S/C18H18N6O2S2/c1-11(27-18-21-22-23-24(18)10-12-5-4-8-26-12)16(25)13(9-19)17-20-14-6-2-3-7-15(14)28-17/h2-3,6-7,11-12,25H,4-5,8,10H2,1H3. The van der Waals surface area contributed by atoms with Crippen LogP contribution in [0.4, 0.5) is 0 Å². The first-order chi connectivity index (χ1) is 13.7. The van der Waals surface area contributed by atoms with E-state index in [1.165, 1.54) is 23.1 Å². The third-order valence-corrected chi connectivity index (χ3v) is 6.58. The number of aliphatic hydroxyl groups is 1. The number of ether oxygens (including phenoxy) is 1. The van der Waals surface area contributed by atoms with Crippen molar-refractivity contribution in [3.05, 3.63) is 35.0 Å². The number of nitriles is 1. The summed E-state index contributed by atoms with van der Waals surface area (Å²) in [6.45, 7) is 3.16. The molecular weight excluding hydrogens is 396 g/mol. The van der Waals surface area contributed by atoms with E-state index in [-0.39, 0.29) is 17.4 Å². The molecule has 0 radical (unpaired) electrons. The summed E-state index contributed by atoms with van der Waals surface area (Å²) in [5, 5.41) is 32.9. The summed E-state index contributed by atoms with van der Waals surface area (Å²) < 4.78 is 8.30. The zero-order valence-electron chi connectivity index (χ0n) is 15.1. The molecule has 1 N–H and O–H groups in total. The van der Waals surface area contributed by atoms with Crippen LogP contribution in [0, 0.1) is 11.3 Å². The Morgan fingerprint density at radius 2 is 2.36 bits per heavy atom. The van der Waals surface area contributed by atoms with Crippen molar-refractivity contribution in [2.75, 3.05) is 6.61 Å². The van der Waals surface area contributed by atoms with Crippen molar-refractivity contribution in [2.24, 2.45) is 0 Å². The van der Waals surface area contributed by atoms with Crippen LogP contribution in [0.15, 0.2) is 35.2 Å². The third kappa shape index (κ3) is 3.87. The minimum Gasteiger partial charge on any atom is -0.510 e. The Kier molecular flexibility index (Phi) is 5.57. The van der Waals surface area contributed by atoms with Gasteiger partial charge in [-0.05, 0) is 42.3 Å². The maximum Gasteiger partial charge on any atom is 0.210 e. The van der Waals surface area contributed by atoms with Gasteiger partial charge in [-0.25, -0.2) is 9.67 Å². The number of fused-ring (bicyclic) bond motifs is 1. The topological polar surface area (TPSA) is 110 Å². The predicted octanol–water partition coefficient (Wildman–Crippen LogP) is 3.44. The van der Waals surface area contributed by atoms with Crippen LogP contribution in [0.1, 0.15) is 24.8 Å². The lowest BCUT2D eigenvalue weighted by Gasteiger charge is -2.13. The molecule has 2 atom stereocenters. The van der Waals surface area contributed by atoms with E-state index in [1.54, 1.807) is 4.68 Å². The number of tetrazole rings is 1. The van der Waals surface area contributed by atoms with Gasteiger partial charge in [-0.3, -0.25) is 0 Å². The summed E-state index contributed by atoms with van der Waals surface area (Å²) >= 11 is 2.69. The number of benzene rings is 1. The minimum atomic E-state index is -0.407. The average Bonchev–Trinajstić information content (AvgIpc) is 3.44. The summed E-state index contributed by atoms with van der Waals surface area (Å²) in [5.74, 6) is -0.0294.